The first-order chi connectivity index (χ1) is 15.9. The first-order valence-corrected chi connectivity index (χ1v) is 12.1. The molecule has 0 aromatic heterocycles. The van der Waals surface area contributed by atoms with Gasteiger partial charge in [0.2, 0.25) is 15.9 Å². The maximum Gasteiger partial charge on any atom is 0.243 e. The summed E-state index contributed by atoms with van der Waals surface area (Å²) in [4.78, 5) is 12.7. The van der Waals surface area contributed by atoms with E-state index in [0.717, 1.165) is 5.56 Å². The van der Waals surface area contributed by atoms with E-state index in [4.69, 9.17) is 18.9 Å². The topological polar surface area (TPSA) is 103 Å². The van der Waals surface area contributed by atoms with Crippen molar-refractivity contribution in [2.75, 3.05) is 59.1 Å². The quantitative estimate of drug-likeness (QED) is 0.494. The highest BCUT2D eigenvalue weighted by Crippen LogP contribution is 2.30. The van der Waals surface area contributed by atoms with Gasteiger partial charge in [0.05, 0.1) is 31.8 Å². The lowest BCUT2D eigenvalue weighted by atomic mass is 10.1. The molecule has 1 amide bonds. The molecule has 0 saturated carbocycles. The van der Waals surface area contributed by atoms with Gasteiger partial charge in [-0.05, 0) is 36.2 Å². The molecule has 10 heteroatoms. The van der Waals surface area contributed by atoms with Gasteiger partial charge in [0.15, 0.2) is 11.5 Å². The SMILES string of the molecule is COCCOc1cc(NC(=O)CCc2ccc(S(=O)(=O)N3CCOCC3)cc2)ccc1OC. The molecule has 1 fully saturated rings. The average Bonchev–Trinajstić information content (AvgIpc) is 2.84. The van der Waals surface area contributed by atoms with Crippen molar-refractivity contribution in [3.05, 3.63) is 48.0 Å². The van der Waals surface area contributed by atoms with Crippen LogP contribution in [-0.4, -0.2) is 72.4 Å². The highest BCUT2D eigenvalue weighted by molar-refractivity contribution is 7.89. The zero-order valence-electron chi connectivity index (χ0n) is 18.9. The van der Waals surface area contributed by atoms with Crippen molar-refractivity contribution in [2.45, 2.75) is 17.7 Å². The molecule has 0 radical (unpaired) electrons. The second-order valence-corrected chi connectivity index (χ2v) is 9.35. The number of carbonyl (C=O) groups is 1. The van der Waals surface area contributed by atoms with Gasteiger partial charge < -0.3 is 24.3 Å². The number of nitrogens with one attached hydrogen (secondary N) is 1. The Labute approximate surface area is 194 Å². The summed E-state index contributed by atoms with van der Waals surface area (Å²) < 4.78 is 48.0. The van der Waals surface area contributed by atoms with Crippen LogP contribution in [0.2, 0.25) is 0 Å². The Morgan fingerprint density at radius 2 is 1.76 bits per heavy atom. The third kappa shape index (κ3) is 6.91. The van der Waals surface area contributed by atoms with Crippen molar-refractivity contribution < 1.29 is 32.2 Å². The first-order valence-electron chi connectivity index (χ1n) is 10.7. The van der Waals surface area contributed by atoms with Crippen molar-refractivity contribution >= 4 is 21.6 Å². The summed E-state index contributed by atoms with van der Waals surface area (Å²) in [5, 5.41) is 2.85. The van der Waals surface area contributed by atoms with E-state index >= 15 is 0 Å². The number of aryl methyl sites for hydroxylation is 1. The van der Waals surface area contributed by atoms with Gasteiger partial charge in [-0.2, -0.15) is 4.31 Å². The average molecular weight is 479 g/mol. The molecule has 1 N–H and O–H groups in total. The molecule has 1 heterocycles. The van der Waals surface area contributed by atoms with Gasteiger partial charge >= 0.3 is 0 Å². The van der Waals surface area contributed by atoms with Crippen LogP contribution >= 0.6 is 0 Å². The second kappa shape index (κ2) is 12.0. The van der Waals surface area contributed by atoms with E-state index in [1.54, 1.807) is 56.7 Å². The van der Waals surface area contributed by atoms with Gasteiger partial charge in [-0.1, -0.05) is 12.1 Å². The van der Waals surface area contributed by atoms with Crippen LogP contribution in [0.4, 0.5) is 5.69 Å². The van der Waals surface area contributed by atoms with Gasteiger partial charge in [-0.15, -0.1) is 0 Å². The van der Waals surface area contributed by atoms with Crippen molar-refractivity contribution in [1.82, 2.24) is 4.31 Å². The minimum Gasteiger partial charge on any atom is -0.493 e. The van der Waals surface area contributed by atoms with E-state index in [1.807, 2.05) is 0 Å². The molecule has 0 spiro atoms. The Morgan fingerprint density at radius 1 is 1.03 bits per heavy atom. The number of methoxy groups -OCH3 is 2. The number of hydrogen-bond donors (Lipinski definition) is 1. The summed E-state index contributed by atoms with van der Waals surface area (Å²) in [6.07, 6.45) is 0.735. The van der Waals surface area contributed by atoms with Gasteiger partial charge in [-0.3, -0.25) is 4.79 Å². The molecule has 180 valence electrons. The number of sulfonamides is 1. The number of amides is 1. The summed E-state index contributed by atoms with van der Waals surface area (Å²) in [5.74, 6) is 0.925. The van der Waals surface area contributed by atoms with Crippen molar-refractivity contribution in [3.8, 4) is 11.5 Å². The molecule has 33 heavy (non-hydrogen) atoms. The number of carbonyl (C=O) groups excluding carboxylic acids is 1. The normalized spacial score (nSPS) is 14.6. The Balaban J connectivity index is 1.55. The smallest absolute Gasteiger partial charge is 0.243 e. The summed E-state index contributed by atoms with van der Waals surface area (Å²) in [6.45, 7) is 2.32. The number of anilines is 1. The highest BCUT2D eigenvalue weighted by atomic mass is 32.2. The zero-order valence-corrected chi connectivity index (χ0v) is 19.7. The summed E-state index contributed by atoms with van der Waals surface area (Å²) in [5.41, 5.74) is 1.48. The first kappa shape index (κ1) is 25.0. The lowest BCUT2D eigenvalue weighted by Crippen LogP contribution is -2.40. The van der Waals surface area contributed by atoms with E-state index in [0.29, 0.717) is 63.1 Å². The monoisotopic (exact) mass is 478 g/mol. The summed E-state index contributed by atoms with van der Waals surface area (Å²) in [7, 11) is -0.384. The molecule has 1 aliphatic rings. The minimum atomic E-state index is -3.53. The van der Waals surface area contributed by atoms with Gasteiger partial charge in [0.25, 0.3) is 0 Å². The molecule has 0 bridgehead atoms. The number of hydrogen-bond acceptors (Lipinski definition) is 7. The number of ether oxygens (including phenoxy) is 4. The number of nitrogens with zero attached hydrogens (tertiary/aromatic N) is 1. The van der Waals surface area contributed by atoms with Crippen LogP contribution in [0.25, 0.3) is 0 Å². The third-order valence-corrected chi connectivity index (χ3v) is 7.08. The van der Waals surface area contributed by atoms with Gasteiger partial charge in [0, 0.05) is 38.4 Å². The van der Waals surface area contributed by atoms with E-state index in [-0.39, 0.29) is 17.2 Å². The standard InChI is InChI=1S/C23H30N2O7S/c1-29-15-16-32-22-17-19(6-9-21(22)30-2)24-23(26)10-5-18-3-7-20(8-4-18)33(27,28)25-11-13-31-14-12-25/h3-4,6-9,17H,5,10-16H2,1-2H3,(H,24,26). The maximum atomic E-state index is 12.7. The van der Waals surface area contributed by atoms with E-state index in [1.165, 1.54) is 4.31 Å². The minimum absolute atomic E-state index is 0.159. The molecule has 9 nitrogen and oxygen atoms in total. The summed E-state index contributed by atoms with van der Waals surface area (Å²) in [6, 6.07) is 11.8. The predicted molar refractivity (Wildman–Crippen MR) is 123 cm³/mol. The van der Waals surface area contributed by atoms with Crippen LogP contribution in [0, 0.1) is 0 Å². The third-order valence-electron chi connectivity index (χ3n) is 5.16. The fourth-order valence-corrected chi connectivity index (χ4v) is 4.76. The fraction of sp³-hybridized carbons (Fsp3) is 0.435. The Bertz CT molecular complexity index is 1020. The lowest BCUT2D eigenvalue weighted by Gasteiger charge is -2.26. The Kier molecular flexibility index (Phi) is 9.07. The molecule has 1 saturated heterocycles. The Hall–Kier alpha value is -2.66. The van der Waals surface area contributed by atoms with Crippen molar-refractivity contribution in [1.29, 1.82) is 0 Å². The number of rotatable bonds is 11. The molecular weight excluding hydrogens is 448 g/mol. The molecular formula is C23H30N2O7S. The highest BCUT2D eigenvalue weighted by Gasteiger charge is 2.26. The van der Waals surface area contributed by atoms with Crippen molar-refractivity contribution in [2.24, 2.45) is 0 Å². The van der Waals surface area contributed by atoms with Crippen LogP contribution in [0.15, 0.2) is 47.4 Å². The van der Waals surface area contributed by atoms with Crippen LogP contribution in [0.5, 0.6) is 11.5 Å². The van der Waals surface area contributed by atoms with Gasteiger partial charge in [0.1, 0.15) is 6.61 Å². The maximum absolute atomic E-state index is 12.7. The van der Waals surface area contributed by atoms with Crippen LogP contribution in [0.1, 0.15) is 12.0 Å². The molecule has 0 aliphatic carbocycles. The summed E-state index contributed by atoms with van der Waals surface area (Å²) >= 11 is 0. The predicted octanol–water partition coefficient (Wildman–Crippen LogP) is 2.31. The fourth-order valence-electron chi connectivity index (χ4n) is 3.35. The second-order valence-electron chi connectivity index (χ2n) is 7.42. The molecule has 2 aromatic carbocycles. The number of benzene rings is 2. The van der Waals surface area contributed by atoms with Gasteiger partial charge in [-0.25, -0.2) is 8.42 Å². The molecule has 2 aromatic rings. The lowest BCUT2D eigenvalue weighted by molar-refractivity contribution is -0.116. The molecule has 0 unspecified atom stereocenters. The molecule has 0 atom stereocenters. The largest absolute Gasteiger partial charge is 0.493 e. The zero-order chi connectivity index (χ0) is 23.7. The van der Waals surface area contributed by atoms with Crippen LogP contribution in [0.3, 0.4) is 0 Å². The molecule has 3 rings (SSSR count). The van der Waals surface area contributed by atoms with E-state index in [9.17, 15) is 13.2 Å². The number of morpholine rings is 1. The Morgan fingerprint density at radius 3 is 2.42 bits per heavy atom. The molecule has 1 aliphatic heterocycles. The van der Waals surface area contributed by atoms with Crippen molar-refractivity contribution in [3.63, 3.8) is 0 Å². The van der Waals surface area contributed by atoms with Crippen LogP contribution < -0.4 is 14.8 Å². The van der Waals surface area contributed by atoms with E-state index in [2.05, 4.69) is 5.32 Å². The van der Waals surface area contributed by atoms with E-state index < -0.39 is 10.0 Å². The van der Waals surface area contributed by atoms with Crippen LogP contribution in [-0.2, 0) is 30.7 Å².